The summed E-state index contributed by atoms with van der Waals surface area (Å²) in [5, 5.41) is 2.74. The number of aryl methyl sites for hydroxylation is 1. The third-order valence-corrected chi connectivity index (χ3v) is 4.07. The molecule has 28 heavy (non-hydrogen) atoms. The fourth-order valence-corrected chi connectivity index (χ4v) is 2.45. The largest absolute Gasteiger partial charge is 0.419 e. The van der Waals surface area contributed by atoms with Crippen LogP contribution < -0.4 is 15.0 Å². The smallest absolute Gasteiger partial charge is 0.410 e. The van der Waals surface area contributed by atoms with Gasteiger partial charge < -0.3 is 19.5 Å². The highest BCUT2D eigenvalue weighted by Crippen LogP contribution is 2.22. The fourth-order valence-electron chi connectivity index (χ4n) is 2.45. The van der Waals surface area contributed by atoms with Crippen molar-refractivity contribution in [3.8, 4) is 5.75 Å². The zero-order chi connectivity index (χ0) is 20.5. The third-order valence-electron chi connectivity index (χ3n) is 4.07. The Morgan fingerprint density at radius 1 is 1.07 bits per heavy atom. The third kappa shape index (κ3) is 6.07. The number of nitrogens with zero attached hydrogens (tertiary/aromatic N) is 1. The minimum Gasteiger partial charge on any atom is -0.410 e. The van der Waals surface area contributed by atoms with Crippen LogP contribution in [-0.4, -0.2) is 39.1 Å². The first-order valence-electron chi connectivity index (χ1n) is 8.98. The lowest BCUT2D eigenvalue weighted by Gasteiger charge is -2.25. The molecule has 0 unspecified atom stereocenters. The number of methoxy groups -OCH3 is 2. The Balaban J connectivity index is 2.21. The summed E-state index contributed by atoms with van der Waals surface area (Å²) in [6.07, 6.45) is -0.827. The van der Waals surface area contributed by atoms with Gasteiger partial charge in [0.1, 0.15) is 5.75 Å². The molecule has 2 aromatic carbocycles. The van der Waals surface area contributed by atoms with Crippen molar-refractivity contribution in [1.82, 2.24) is 0 Å². The van der Waals surface area contributed by atoms with Gasteiger partial charge in [-0.3, -0.25) is 9.69 Å². The van der Waals surface area contributed by atoms with E-state index in [1.807, 2.05) is 31.2 Å². The summed E-state index contributed by atoms with van der Waals surface area (Å²) in [6.45, 7) is 3.89. The van der Waals surface area contributed by atoms with E-state index in [9.17, 15) is 9.59 Å². The average Bonchev–Trinajstić information content (AvgIpc) is 2.70. The Morgan fingerprint density at radius 2 is 1.75 bits per heavy atom. The van der Waals surface area contributed by atoms with Crippen molar-refractivity contribution in [2.75, 3.05) is 31.0 Å². The van der Waals surface area contributed by atoms with Crippen molar-refractivity contribution in [1.29, 1.82) is 0 Å². The quantitative estimate of drug-likeness (QED) is 0.695. The van der Waals surface area contributed by atoms with Gasteiger partial charge in [-0.15, -0.1) is 0 Å². The van der Waals surface area contributed by atoms with Gasteiger partial charge in [0.25, 0.3) is 0 Å². The van der Waals surface area contributed by atoms with Gasteiger partial charge in [-0.1, -0.05) is 30.7 Å². The van der Waals surface area contributed by atoms with E-state index in [0.717, 1.165) is 5.56 Å². The van der Waals surface area contributed by atoms with Gasteiger partial charge in [0.2, 0.25) is 5.91 Å². The maximum atomic E-state index is 12.9. The molecule has 7 nitrogen and oxygen atoms in total. The van der Waals surface area contributed by atoms with E-state index in [-0.39, 0.29) is 12.5 Å². The second kappa shape index (κ2) is 10.4. The number of rotatable bonds is 8. The van der Waals surface area contributed by atoms with E-state index >= 15 is 0 Å². The highest BCUT2D eigenvalue weighted by molar-refractivity contribution is 5.91. The lowest BCUT2D eigenvalue weighted by molar-refractivity contribution is -0.115. The van der Waals surface area contributed by atoms with Crippen LogP contribution in [0.25, 0.3) is 0 Å². The van der Waals surface area contributed by atoms with Crippen LogP contribution in [0, 0.1) is 6.92 Å². The van der Waals surface area contributed by atoms with Gasteiger partial charge in [-0.2, -0.15) is 0 Å². The summed E-state index contributed by atoms with van der Waals surface area (Å²) in [4.78, 5) is 25.9. The Kier molecular flexibility index (Phi) is 7.98. The maximum Gasteiger partial charge on any atom is 0.419 e. The SMILES string of the molecule is CCC(=O)Nc1cccc(OC(=O)N(CC(OC)OC)c2ccc(C)cc2)c1. The van der Waals surface area contributed by atoms with Crippen LogP contribution in [-0.2, 0) is 14.3 Å². The predicted molar refractivity (Wildman–Crippen MR) is 108 cm³/mol. The number of carbonyl (C=O) groups is 2. The number of hydrogen-bond acceptors (Lipinski definition) is 5. The monoisotopic (exact) mass is 386 g/mol. The zero-order valence-corrected chi connectivity index (χ0v) is 16.6. The van der Waals surface area contributed by atoms with Gasteiger partial charge in [-0.05, 0) is 31.2 Å². The Bertz CT molecular complexity index is 788. The molecule has 0 saturated carbocycles. The molecule has 2 amide bonds. The van der Waals surface area contributed by atoms with Crippen molar-refractivity contribution in [3.63, 3.8) is 0 Å². The molecule has 2 aromatic rings. The first kappa shape index (κ1) is 21.4. The lowest BCUT2D eigenvalue weighted by atomic mass is 10.2. The van der Waals surface area contributed by atoms with Crippen LogP contribution in [0.2, 0.25) is 0 Å². The Labute approximate surface area is 165 Å². The Hall–Kier alpha value is -2.90. The molecule has 150 valence electrons. The van der Waals surface area contributed by atoms with Crippen LogP contribution in [0.5, 0.6) is 5.75 Å². The molecule has 0 aromatic heterocycles. The second-order valence-corrected chi connectivity index (χ2v) is 6.14. The van der Waals surface area contributed by atoms with Crippen molar-refractivity contribution in [3.05, 3.63) is 54.1 Å². The molecular weight excluding hydrogens is 360 g/mol. The van der Waals surface area contributed by atoms with E-state index in [1.54, 1.807) is 31.2 Å². The molecular formula is C21H26N2O5. The van der Waals surface area contributed by atoms with Gasteiger partial charge in [0, 0.05) is 38.1 Å². The lowest BCUT2D eigenvalue weighted by Crippen LogP contribution is -2.40. The normalized spacial score (nSPS) is 10.6. The molecule has 0 heterocycles. The predicted octanol–water partition coefficient (Wildman–Crippen LogP) is 3.97. The number of nitrogens with one attached hydrogen (secondary N) is 1. The van der Waals surface area contributed by atoms with Crippen LogP contribution >= 0.6 is 0 Å². The minimum atomic E-state index is -0.607. The van der Waals surface area contributed by atoms with Crippen LogP contribution in [0.4, 0.5) is 16.2 Å². The first-order chi connectivity index (χ1) is 13.5. The molecule has 0 spiro atoms. The summed E-state index contributed by atoms with van der Waals surface area (Å²) < 4.78 is 16.0. The van der Waals surface area contributed by atoms with Gasteiger partial charge in [-0.25, -0.2) is 4.79 Å². The summed E-state index contributed by atoms with van der Waals surface area (Å²) >= 11 is 0. The van der Waals surface area contributed by atoms with Crippen molar-refractivity contribution in [2.45, 2.75) is 26.6 Å². The summed E-state index contributed by atoms with van der Waals surface area (Å²) in [5.74, 6) is 0.204. The molecule has 0 radical (unpaired) electrons. The molecule has 1 N–H and O–H groups in total. The highest BCUT2D eigenvalue weighted by Gasteiger charge is 2.22. The molecule has 0 aliphatic rings. The average molecular weight is 386 g/mol. The molecule has 0 atom stereocenters. The number of amides is 2. The second-order valence-electron chi connectivity index (χ2n) is 6.14. The summed E-state index contributed by atoms with van der Waals surface area (Å²) in [5.41, 5.74) is 2.29. The van der Waals surface area contributed by atoms with Crippen molar-refractivity contribution >= 4 is 23.4 Å². The van der Waals surface area contributed by atoms with Crippen LogP contribution in [0.15, 0.2) is 48.5 Å². The number of ether oxygens (including phenoxy) is 3. The summed E-state index contributed by atoms with van der Waals surface area (Å²) in [6, 6.07) is 14.2. The van der Waals surface area contributed by atoms with Crippen LogP contribution in [0.1, 0.15) is 18.9 Å². The number of anilines is 2. The van der Waals surface area contributed by atoms with E-state index in [0.29, 0.717) is 23.5 Å². The number of benzene rings is 2. The van der Waals surface area contributed by atoms with Crippen molar-refractivity contribution < 1.29 is 23.8 Å². The summed E-state index contributed by atoms with van der Waals surface area (Å²) in [7, 11) is 3.01. The topological polar surface area (TPSA) is 77.1 Å². The molecule has 0 fully saturated rings. The molecule has 0 aliphatic heterocycles. The standard InChI is InChI=1S/C21H26N2O5/c1-5-19(24)22-16-7-6-8-18(13-16)28-21(25)23(14-20(26-3)27-4)17-11-9-15(2)10-12-17/h6-13,20H,5,14H2,1-4H3,(H,22,24). The highest BCUT2D eigenvalue weighted by atomic mass is 16.7. The van der Waals surface area contributed by atoms with E-state index in [2.05, 4.69) is 5.32 Å². The van der Waals surface area contributed by atoms with Crippen molar-refractivity contribution in [2.24, 2.45) is 0 Å². The van der Waals surface area contributed by atoms with E-state index in [1.165, 1.54) is 19.1 Å². The number of hydrogen-bond donors (Lipinski definition) is 1. The van der Waals surface area contributed by atoms with E-state index < -0.39 is 12.4 Å². The molecule has 2 rings (SSSR count). The van der Waals surface area contributed by atoms with Gasteiger partial charge >= 0.3 is 6.09 Å². The zero-order valence-electron chi connectivity index (χ0n) is 16.6. The van der Waals surface area contributed by atoms with E-state index in [4.69, 9.17) is 14.2 Å². The van der Waals surface area contributed by atoms with Gasteiger partial charge in [0.15, 0.2) is 6.29 Å². The van der Waals surface area contributed by atoms with Gasteiger partial charge in [0.05, 0.1) is 6.54 Å². The fraction of sp³-hybridized carbons (Fsp3) is 0.333. The maximum absolute atomic E-state index is 12.9. The molecule has 7 heteroatoms. The Morgan fingerprint density at radius 3 is 2.36 bits per heavy atom. The molecule has 0 saturated heterocycles. The van der Waals surface area contributed by atoms with Crippen LogP contribution in [0.3, 0.4) is 0 Å². The number of carbonyl (C=O) groups excluding carboxylic acids is 2. The molecule has 0 bridgehead atoms. The minimum absolute atomic E-state index is 0.118. The first-order valence-corrected chi connectivity index (χ1v) is 8.98. The molecule has 0 aliphatic carbocycles.